The van der Waals surface area contributed by atoms with Gasteiger partial charge in [-0.1, -0.05) is 6.07 Å². The van der Waals surface area contributed by atoms with Crippen LogP contribution in [0.3, 0.4) is 0 Å². The number of aromatic nitrogens is 1. The van der Waals surface area contributed by atoms with E-state index in [9.17, 15) is 15.0 Å². The fraction of sp³-hybridized carbons (Fsp3) is 0.385. The Morgan fingerprint density at radius 3 is 2.95 bits per heavy atom. The van der Waals surface area contributed by atoms with Crippen LogP contribution < -0.4 is 4.57 Å². The van der Waals surface area contributed by atoms with E-state index in [1.165, 1.54) is 16.7 Å². The standard InChI is InChI=1S/C13H14N2O3S/c16-10-6-11-15(10)12(13(17)18)9(8-19-11)7-14-4-2-1-3-5-14/h1-5,10-11,16H,6-8H2/p+1/t10?,11-/m1/s1/i6D/t6?,10?,11-. The number of aliphatic hydroxyl groups excluding tert-OH is 1. The molecule has 2 unspecified atom stereocenters. The summed E-state index contributed by atoms with van der Waals surface area (Å²) in [6.45, 7) is 0.480. The zero-order valence-electron chi connectivity index (χ0n) is 11.1. The van der Waals surface area contributed by atoms with Crippen LogP contribution in [-0.2, 0) is 11.3 Å². The minimum Gasteiger partial charge on any atom is -0.477 e. The van der Waals surface area contributed by atoms with Crippen molar-refractivity contribution >= 4 is 17.7 Å². The maximum absolute atomic E-state index is 11.5. The number of rotatable bonds is 3. The number of hydrogen-bond donors (Lipinski definition) is 2. The zero-order chi connectivity index (χ0) is 14.3. The van der Waals surface area contributed by atoms with Crippen molar-refractivity contribution in [2.45, 2.75) is 24.5 Å². The Labute approximate surface area is 116 Å². The first kappa shape index (κ1) is 11.3. The highest BCUT2D eigenvalue weighted by Gasteiger charge is 2.45. The van der Waals surface area contributed by atoms with Gasteiger partial charge in [-0.2, -0.15) is 0 Å². The normalized spacial score (nSPS) is 30.5. The highest BCUT2D eigenvalue weighted by Crippen LogP contribution is 2.42. The van der Waals surface area contributed by atoms with Crippen molar-refractivity contribution in [3.8, 4) is 0 Å². The third-order valence-electron chi connectivity index (χ3n) is 3.27. The molecule has 0 aromatic carbocycles. The van der Waals surface area contributed by atoms with E-state index in [-0.39, 0.29) is 11.1 Å². The molecule has 2 N–H and O–H groups in total. The number of carboxylic acids is 1. The average Bonchev–Trinajstić information content (AvgIpc) is 2.46. The highest BCUT2D eigenvalue weighted by atomic mass is 32.2. The first-order chi connectivity index (χ1) is 9.59. The van der Waals surface area contributed by atoms with Gasteiger partial charge >= 0.3 is 5.97 Å². The molecular formula is C13H15N2O3S+. The predicted octanol–water partition coefficient (Wildman–Crippen LogP) is 0.410. The van der Waals surface area contributed by atoms with Gasteiger partial charge in [-0.05, 0) is 0 Å². The van der Waals surface area contributed by atoms with Crippen LogP contribution in [0, 0.1) is 0 Å². The molecule has 0 amide bonds. The maximum atomic E-state index is 11.5. The number of nitrogens with zero attached hydrogens (tertiary/aromatic N) is 2. The minimum atomic E-state index is -1.03. The van der Waals surface area contributed by atoms with E-state index < -0.39 is 18.6 Å². The van der Waals surface area contributed by atoms with Crippen molar-refractivity contribution < 1.29 is 20.9 Å². The molecule has 1 aromatic rings. The molecule has 1 saturated heterocycles. The topological polar surface area (TPSA) is 64.6 Å². The number of carbonyl (C=O) groups is 1. The molecule has 3 rings (SSSR count). The Hall–Kier alpha value is -1.53. The number of fused-ring (bicyclic) bond motifs is 1. The van der Waals surface area contributed by atoms with E-state index in [1.807, 2.05) is 35.2 Å². The van der Waals surface area contributed by atoms with Gasteiger partial charge in [0.1, 0.15) is 11.9 Å². The number of hydrogen-bond acceptors (Lipinski definition) is 4. The van der Waals surface area contributed by atoms with Crippen molar-refractivity contribution in [2.75, 3.05) is 5.75 Å². The van der Waals surface area contributed by atoms with Crippen LogP contribution in [0.1, 0.15) is 7.77 Å². The van der Waals surface area contributed by atoms with Crippen LogP contribution in [0.4, 0.5) is 0 Å². The van der Waals surface area contributed by atoms with Gasteiger partial charge in [-0.3, -0.25) is 0 Å². The average molecular weight is 280 g/mol. The Balaban J connectivity index is 1.92. The third-order valence-corrected chi connectivity index (χ3v) is 4.51. The summed E-state index contributed by atoms with van der Waals surface area (Å²) < 4.78 is 9.64. The third kappa shape index (κ3) is 2.21. The Morgan fingerprint density at radius 2 is 2.26 bits per heavy atom. The minimum absolute atomic E-state index is 0.154. The number of thioether (sulfide) groups is 1. The van der Waals surface area contributed by atoms with Gasteiger partial charge in [-0.15, -0.1) is 11.8 Å². The lowest BCUT2D eigenvalue weighted by Crippen LogP contribution is -2.57. The molecule has 0 radical (unpaired) electrons. The molecule has 0 saturated carbocycles. The smallest absolute Gasteiger partial charge is 0.352 e. The lowest BCUT2D eigenvalue weighted by molar-refractivity contribution is -0.689. The van der Waals surface area contributed by atoms with E-state index in [2.05, 4.69) is 0 Å². The molecule has 0 bridgehead atoms. The molecule has 6 heteroatoms. The van der Waals surface area contributed by atoms with Gasteiger partial charge in [0.05, 0.1) is 5.37 Å². The van der Waals surface area contributed by atoms with Crippen LogP contribution in [0.25, 0.3) is 0 Å². The summed E-state index contributed by atoms with van der Waals surface area (Å²) in [4.78, 5) is 13.0. The molecule has 3 heterocycles. The predicted molar refractivity (Wildman–Crippen MR) is 70.0 cm³/mol. The number of pyridine rings is 1. The largest absolute Gasteiger partial charge is 0.477 e. The van der Waals surface area contributed by atoms with Crippen molar-refractivity contribution in [3.05, 3.63) is 41.9 Å². The lowest BCUT2D eigenvalue weighted by atomic mass is 10.1. The molecule has 1 aromatic heterocycles. The summed E-state index contributed by atoms with van der Waals surface area (Å²) in [5.41, 5.74) is 0.919. The Kier molecular flexibility index (Phi) is 2.89. The SMILES string of the molecule is [2H]C1C(O)N2C(C(=O)O)=C(C[n+]3ccccc3)CS[C@H]12. The molecule has 2 aliphatic rings. The lowest BCUT2D eigenvalue weighted by Gasteiger charge is -2.49. The van der Waals surface area contributed by atoms with Gasteiger partial charge in [0, 0.05) is 31.2 Å². The zero-order valence-corrected chi connectivity index (χ0v) is 11.0. The van der Waals surface area contributed by atoms with Crippen LogP contribution in [0.15, 0.2) is 41.9 Å². The highest BCUT2D eigenvalue weighted by molar-refractivity contribution is 8.00. The summed E-state index contributed by atoms with van der Waals surface area (Å²) in [6.07, 6.45) is 2.10. The van der Waals surface area contributed by atoms with Crippen molar-refractivity contribution in [3.63, 3.8) is 0 Å². The van der Waals surface area contributed by atoms with E-state index in [4.69, 9.17) is 1.37 Å². The number of aliphatic hydroxyl groups is 1. The fourth-order valence-electron chi connectivity index (χ4n) is 2.36. The first-order valence-corrected chi connectivity index (χ1v) is 7.04. The van der Waals surface area contributed by atoms with E-state index in [1.54, 1.807) is 0 Å². The summed E-state index contributed by atoms with van der Waals surface area (Å²) in [5, 5.41) is 19.0. The quantitative estimate of drug-likeness (QED) is 0.785. The molecule has 19 heavy (non-hydrogen) atoms. The van der Waals surface area contributed by atoms with E-state index >= 15 is 0 Å². The Bertz CT molecular complexity index is 566. The molecule has 0 aliphatic carbocycles. The molecule has 3 atom stereocenters. The van der Waals surface area contributed by atoms with Gasteiger partial charge in [0.2, 0.25) is 0 Å². The van der Waals surface area contributed by atoms with Gasteiger partial charge < -0.3 is 15.1 Å². The van der Waals surface area contributed by atoms with Crippen LogP contribution in [0.2, 0.25) is 0 Å². The molecular weight excluding hydrogens is 264 g/mol. The monoisotopic (exact) mass is 280 g/mol. The van der Waals surface area contributed by atoms with Crippen LogP contribution in [0.5, 0.6) is 0 Å². The molecule has 5 nitrogen and oxygen atoms in total. The second-order valence-electron chi connectivity index (χ2n) is 4.52. The van der Waals surface area contributed by atoms with Crippen molar-refractivity contribution in [1.82, 2.24) is 4.90 Å². The molecule has 0 spiro atoms. The van der Waals surface area contributed by atoms with Gasteiger partial charge in [0.25, 0.3) is 0 Å². The molecule has 100 valence electrons. The summed E-state index contributed by atoms with van der Waals surface area (Å²) >= 11 is 1.52. The maximum Gasteiger partial charge on any atom is 0.352 e. The summed E-state index contributed by atoms with van der Waals surface area (Å²) in [5.74, 6) is -0.458. The van der Waals surface area contributed by atoms with Gasteiger partial charge in [-0.25, -0.2) is 9.36 Å². The second-order valence-corrected chi connectivity index (χ2v) is 5.63. The van der Waals surface area contributed by atoms with Gasteiger partial charge in [0.15, 0.2) is 18.9 Å². The van der Waals surface area contributed by atoms with E-state index in [0.717, 1.165) is 5.57 Å². The van der Waals surface area contributed by atoms with Crippen LogP contribution >= 0.6 is 11.8 Å². The molecule has 2 aliphatic heterocycles. The van der Waals surface area contributed by atoms with Crippen molar-refractivity contribution in [2.24, 2.45) is 0 Å². The number of carboxylic acid groups (broad SMARTS) is 1. The van der Waals surface area contributed by atoms with E-state index in [0.29, 0.717) is 12.3 Å². The second kappa shape index (κ2) is 4.86. The fourth-order valence-corrected chi connectivity index (χ4v) is 3.60. The van der Waals surface area contributed by atoms with Crippen LogP contribution in [-0.4, -0.2) is 38.4 Å². The number of aliphatic carboxylic acids is 1. The Morgan fingerprint density at radius 1 is 1.53 bits per heavy atom. The first-order valence-electron chi connectivity index (χ1n) is 6.57. The molecule has 1 fully saturated rings. The summed E-state index contributed by atoms with van der Waals surface area (Å²) in [7, 11) is 0. The van der Waals surface area contributed by atoms with Crippen molar-refractivity contribution in [1.29, 1.82) is 0 Å². The summed E-state index contributed by atoms with van der Waals surface area (Å²) in [6, 6.07) is 5.68.